The van der Waals surface area contributed by atoms with E-state index in [0.29, 0.717) is 12.0 Å². The molecule has 0 spiro atoms. The van der Waals surface area contributed by atoms with Crippen molar-refractivity contribution in [2.45, 2.75) is 63.8 Å². The SMILES string of the molecule is COc1ccc(CC2CCCN2)cc1C1CCC(C)CC1. The maximum absolute atomic E-state index is 5.63. The molecule has 0 amide bonds. The molecule has 1 saturated carbocycles. The summed E-state index contributed by atoms with van der Waals surface area (Å²) in [6.07, 6.45) is 9.19. The predicted molar refractivity (Wildman–Crippen MR) is 88.1 cm³/mol. The van der Waals surface area contributed by atoms with Crippen LogP contribution in [0, 0.1) is 5.92 Å². The van der Waals surface area contributed by atoms with Crippen molar-refractivity contribution < 1.29 is 4.74 Å². The van der Waals surface area contributed by atoms with Gasteiger partial charge in [0.05, 0.1) is 7.11 Å². The molecule has 1 aromatic carbocycles. The van der Waals surface area contributed by atoms with Crippen molar-refractivity contribution in [2.75, 3.05) is 13.7 Å². The molecule has 116 valence electrons. The number of ether oxygens (including phenoxy) is 1. The van der Waals surface area contributed by atoms with Crippen LogP contribution in [0.3, 0.4) is 0 Å². The molecule has 3 rings (SSSR count). The van der Waals surface area contributed by atoms with Gasteiger partial charge in [-0.1, -0.05) is 31.9 Å². The number of hydrogen-bond acceptors (Lipinski definition) is 2. The highest BCUT2D eigenvalue weighted by atomic mass is 16.5. The number of benzene rings is 1. The molecular formula is C19H29NO. The molecule has 1 N–H and O–H groups in total. The van der Waals surface area contributed by atoms with Gasteiger partial charge in [0.15, 0.2) is 0 Å². The van der Waals surface area contributed by atoms with Crippen LogP contribution in [0.5, 0.6) is 5.75 Å². The number of methoxy groups -OCH3 is 1. The molecule has 21 heavy (non-hydrogen) atoms. The molecule has 1 aliphatic heterocycles. The van der Waals surface area contributed by atoms with Gasteiger partial charge in [-0.2, -0.15) is 0 Å². The molecule has 2 nitrogen and oxygen atoms in total. The van der Waals surface area contributed by atoms with E-state index in [1.165, 1.54) is 62.6 Å². The summed E-state index contributed by atoms with van der Waals surface area (Å²) in [6, 6.07) is 7.56. The van der Waals surface area contributed by atoms with Crippen LogP contribution in [0.1, 0.15) is 62.5 Å². The third-order valence-corrected chi connectivity index (χ3v) is 5.39. The normalized spacial score (nSPS) is 29.5. The maximum Gasteiger partial charge on any atom is 0.122 e. The molecular weight excluding hydrogens is 258 g/mol. The molecule has 1 heterocycles. The van der Waals surface area contributed by atoms with Gasteiger partial charge in [-0.05, 0) is 67.7 Å². The summed E-state index contributed by atoms with van der Waals surface area (Å²) < 4.78 is 5.63. The van der Waals surface area contributed by atoms with Crippen LogP contribution < -0.4 is 10.1 Å². The predicted octanol–water partition coefficient (Wildman–Crippen LogP) is 4.28. The van der Waals surface area contributed by atoms with Crippen molar-refractivity contribution in [2.24, 2.45) is 5.92 Å². The topological polar surface area (TPSA) is 21.3 Å². The molecule has 0 bridgehead atoms. The van der Waals surface area contributed by atoms with Crippen molar-refractivity contribution in [1.82, 2.24) is 5.32 Å². The second kappa shape index (κ2) is 6.83. The lowest BCUT2D eigenvalue weighted by atomic mass is 9.78. The van der Waals surface area contributed by atoms with Gasteiger partial charge in [0.2, 0.25) is 0 Å². The minimum Gasteiger partial charge on any atom is -0.496 e. The zero-order valence-electron chi connectivity index (χ0n) is 13.5. The summed E-state index contributed by atoms with van der Waals surface area (Å²) in [5.41, 5.74) is 2.93. The zero-order chi connectivity index (χ0) is 14.7. The Kier molecular flexibility index (Phi) is 4.84. The first-order chi connectivity index (χ1) is 10.3. The Labute approximate surface area is 129 Å². The van der Waals surface area contributed by atoms with Crippen LogP contribution in [0.15, 0.2) is 18.2 Å². The summed E-state index contributed by atoms with van der Waals surface area (Å²) in [5.74, 6) is 2.70. The summed E-state index contributed by atoms with van der Waals surface area (Å²) in [6.45, 7) is 3.57. The fourth-order valence-electron chi connectivity index (χ4n) is 4.02. The lowest BCUT2D eigenvalue weighted by molar-refractivity contribution is 0.336. The molecule has 0 radical (unpaired) electrons. The van der Waals surface area contributed by atoms with E-state index in [9.17, 15) is 0 Å². The Bertz CT molecular complexity index is 457. The number of nitrogens with one attached hydrogen (secondary N) is 1. The summed E-state index contributed by atoms with van der Waals surface area (Å²) >= 11 is 0. The molecule has 1 aromatic rings. The molecule has 2 aliphatic rings. The molecule has 1 saturated heterocycles. The smallest absolute Gasteiger partial charge is 0.122 e. The highest BCUT2D eigenvalue weighted by Gasteiger charge is 2.23. The molecule has 2 fully saturated rings. The largest absolute Gasteiger partial charge is 0.496 e. The second-order valence-corrected chi connectivity index (χ2v) is 7.03. The highest BCUT2D eigenvalue weighted by Crippen LogP contribution is 2.39. The van der Waals surface area contributed by atoms with E-state index in [4.69, 9.17) is 4.74 Å². The third kappa shape index (κ3) is 3.60. The van der Waals surface area contributed by atoms with Gasteiger partial charge in [-0.25, -0.2) is 0 Å². The van der Waals surface area contributed by atoms with Crippen LogP contribution in [-0.2, 0) is 6.42 Å². The first kappa shape index (κ1) is 14.9. The fourth-order valence-corrected chi connectivity index (χ4v) is 4.02. The minimum atomic E-state index is 0.678. The Morgan fingerprint density at radius 3 is 2.62 bits per heavy atom. The first-order valence-electron chi connectivity index (χ1n) is 8.66. The van der Waals surface area contributed by atoms with Crippen LogP contribution in [-0.4, -0.2) is 19.7 Å². The van der Waals surface area contributed by atoms with Crippen molar-refractivity contribution in [3.05, 3.63) is 29.3 Å². The van der Waals surface area contributed by atoms with Crippen LogP contribution in [0.4, 0.5) is 0 Å². The van der Waals surface area contributed by atoms with Gasteiger partial charge in [-0.3, -0.25) is 0 Å². The van der Waals surface area contributed by atoms with E-state index in [0.717, 1.165) is 11.7 Å². The van der Waals surface area contributed by atoms with Crippen LogP contribution in [0.2, 0.25) is 0 Å². The molecule has 2 heteroatoms. The van der Waals surface area contributed by atoms with Crippen molar-refractivity contribution in [3.63, 3.8) is 0 Å². The second-order valence-electron chi connectivity index (χ2n) is 7.03. The Balaban J connectivity index is 1.76. The summed E-state index contributed by atoms with van der Waals surface area (Å²) in [7, 11) is 1.81. The van der Waals surface area contributed by atoms with Crippen molar-refractivity contribution >= 4 is 0 Å². The van der Waals surface area contributed by atoms with Crippen molar-refractivity contribution in [3.8, 4) is 5.75 Å². The van der Waals surface area contributed by atoms with E-state index in [-0.39, 0.29) is 0 Å². The Morgan fingerprint density at radius 2 is 1.95 bits per heavy atom. The Hall–Kier alpha value is -1.02. The Morgan fingerprint density at radius 1 is 1.14 bits per heavy atom. The molecule has 1 unspecified atom stereocenters. The van der Waals surface area contributed by atoms with Crippen molar-refractivity contribution in [1.29, 1.82) is 0 Å². The average Bonchev–Trinajstić information content (AvgIpc) is 3.01. The van der Waals surface area contributed by atoms with E-state index >= 15 is 0 Å². The molecule has 1 atom stereocenters. The van der Waals surface area contributed by atoms with Gasteiger partial charge < -0.3 is 10.1 Å². The minimum absolute atomic E-state index is 0.678. The van der Waals surface area contributed by atoms with Gasteiger partial charge in [0.25, 0.3) is 0 Å². The number of hydrogen-bond donors (Lipinski definition) is 1. The highest BCUT2D eigenvalue weighted by molar-refractivity contribution is 5.40. The van der Waals surface area contributed by atoms with Crippen LogP contribution in [0.25, 0.3) is 0 Å². The summed E-state index contributed by atoms with van der Waals surface area (Å²) in [4.78, 5) is 0. The van der Waals surface area contributed by atoms with Gasteiger partial charge in [0, 0.05) is 6.04 Å². The molecule has 1 aliphatic carbocycles. The zero-order valence-corrected chi connectivity index (χ0v) is 13.5. The monoisotopic (exact) mass is 287 g/mol. The van der Waals surface area contributed by atoms with Gasteiger partial charge in [0.1, 0.15) is 5.75 Å². The van der Waals surface area contributed by atoms with E-state index in [1.54, 1.807) is 0 Å². The van der Waals surface area contributed by atoms with E-state index in [2.05, 4.69) is 30.4 Å². The third-order valence-electron chi connectivity index (χ3n) is 5.39. The standard InChI is InChI=1S/C19H29NO/c1-14-5-8-16(9-6-14)18-13-15(7-10-19(18)21-2)12-17-4-3-11-20-17/h7,10,13-14,16-17,20H,3-6,8-9,11-12H2,1-2H3. The lowest BCUT2D eigenvalue weighted by Gasteiger charge is -2.28. The van der Waals surface area contributed by atoms with Gasteiger partial charge in [-0.15, -0.1) is 0 Å². The quantitative estimate of drug-likeness (QED) is 0.892. The fraction of sp³-hybridized carbons (Fsp3) is 0.684. The first-order valence-corrected chi connectivity index (χ1v) is 8.66. The average molecular weight is 287 g/mol. The number of rotatable bonds is 4. The summed E-state index contributed by atoms with van der Waals surface area (Å²) in [5, 5.41) is 3.61. The van der Waals surface area contributed by atoms with Crippen LogP contribution >= 0.6 is 0 Å². The van der Waals surface area contributed by atoms with Gasteiger partial charge >= 0.3 is 0 Å². The molecule has 0 aromatic heterocycles. The van der Waals surface area contributed by atoms with E-state index in [1.807, 2.05) is 7.11 Å². The van der Waals surface area contributed by atoms with E-state index < -0.39 is 0 Å². The maximum atomic E-state index is 5.63. The lowest BCUT2D eigenvalue weighted by Crippen LogP contribution is -2.23.